The van der Waals surface area contributed by atoms with Crippen LogP contribution in [0.1, 0.15) is 26.7 Å². The zero-order valence-electron chi connectivity index (χ0n) is 6.72. The molecular weight excluding hydrogens is 120 g/mol. The Labute approximate surface area is 62.9 Å². The SMILES string of the molecule is CC/C=C(\C)C1=CC=CC1. The summed E-state index contributed by atoms with van der Waals surface area (Å²) in [6, 6.07) is 0. The van der Waals surface area contributed by atoms with Gasteiger partial charge < -0.3 is 0 Å². The van der Waals surface area contributed by atoms with Gasteiger partial charge in [-0.05, 0) is 25.3 Å². The van der Waals surface area contributed by atoms with Crippen molar-refractivity contribution in [1.82, 2.24) is 0 Å². The lowest BCUT2D eigenvalue weighted by atomic mass is 10.1. The van der Waals surface area contributed by atoms with E-state index >= 15 is 0 Å². The van der Waals surface area contributed by atoms with E-state index in [0.717, 1.165) is 12.8 Å². The molecule has 0 amide bonds. The van der Waals surface area contributed by atoms with Gasteiger partial charge in [0.05, 0.1) is 0 Å². The van der Waals surface area contributed by atoms with E-state index in [1.807, 2.05) is 0 Å². The Bertz CT molecular complexity index is 192. The summed E-state index contributed by atoms with van der Waals surface area (Å²) in [6.07, 6.45) is 11.1. The Morgan fingerprint density at radius 3 is 3.00 bits per heavy atom. The van der Waals surface area contributed by atoms with Crippen LogP contribution in [0.3, 0.4) is 0 Å². The molecule has 0 heteroatoms. The Hall–Kier alpha value is -0.780. The number of allylic oxidation sites excluding steroid dienone is 6. The molecular formula is C10H14. The molecule has 1 aliphatic carbocycles. The summed E-state index contributed by atoms with van der Waals surface area (Å²) in [7, 11) is 0. The molecule has 1 aliphatic rings. The zero-order valence-corrected chi connectivity index (χ0v) is 6.72. The van der Waals surface area contributed by atoms with Crippen molar-refractivity contribution >= 4 is 0 Å². The molecule has 0 saturated heterocycles. The lowest BCUT2D eigenvalue weighted by Crippen LogP contribution is -1.79. The quantitative estimate of drug-likeness (QED) is 0.544. The van der Waals surface area contributed by atoms with Crippen LogP contribution < -0.4 is 0 Å². The maximum Gasteiger partial charge on any atom is -0.00918 e. The molecule has 54 valence electrons. The molecule has 0 aliphatic heterocycles. The van der Waals surface area contributed by atoms with Crippen molar-refractivity contribution < 1.29 is 0 Å². The maximum atomic E-state index is 2.28. The Morgan fingerprint density at radius 2 is 2.50 bits per heavy atom. The fourth-order valence-electron chi connectivity index (χ4n) is 1.18. The van der Waals surface area contributed by atoms with Crippen molar-refractivity contribution in [1.29, 1.82) is 0 Å². The standard InChI is InChI=1S/C10H14/c1-3-6-9(2)10-7-4-5-8-10/h4-7H,3,8H2,1-2H3/b9-6+. The van der Waals surface area contributed by atoms with Crippen molar-refractivity contribution in [2.75, 3.05) is 0 Å². The van der Waals surface area contributed by atoms with Gasteiger partial charge in [0.15, 0.2) is 0 Å². The van der Waals surface area contributed by atoms with E-state index in [1.54, 1.807) is 0 Å². The average molecular weight is 134 g/mol. The molecule has 0 atom stereocenters. The van der Waals surface area contributed by atoms with Crippen LogP contribution in [0.2, 0.25) is 0 Å². The summed E-state index contributed by atoms with van der Waals surface area (Å²) in [5, 5.41) is 0. The highest BCUT2D eigenvalue weighted by molar-refractivity contribution is 5.37. The summed E-state index contributed by atoms with van der Waals surface area (Å²) in [6.45, 7) is 4.36. The summed E-state index contributed by atoms with van der Waals surface area (Å²) in [5.41, 5.74) is 2.91. The maximum absolute atomic E-state index is 2.28. The lowest BCUT2D eigenvalue weighted by molar-refractivity contribution is 1.15. The molecule has 0 bridgehead atoms. The van der Waals surface area contributed by atoms with Crippen LogP contribution in [0.4, 0.5) is 0 Å². The van der Waals surface area contributed by atoms with Gasteiger partial charge in [0.1, 0.15) is 0 Å². The van der Waals surface area contributed by atoms with Crippen molar-refractivity contribution in [3.8, 4) is 0 Å². The Balaban J connectivity index is 2.58. The van der Waals surface area contributed by atoms with Gasteiger partial charge in [0.25, 0.3) is 0 Å². The minimum absolute atomic E-state index is 1.13. The van der Waals surface area contributed by atoms with Gasteiger partial charge in [0, 0.05) is 0 Å². The van der Waals surface area contributed by atoms with Crippen LogP contribution in [-0.4, -0.2) is 0 Å². The highest BCUT2D eigenvalue weighted by Gasteiger charge is 1.99. The van der Waals surface area contributed by atoms with Crippen LogP contribution in [0, 0.1) is 0 Å². The molecule has 0 radical (unpaired) electrons. The van der Waals surface area contributed by atoms with Crippen molar-refractivity contribution in [3.05, 3.63) is 35.5 Å². The van der Waals surface area contributed by atoms with Gasteiger partial charge in [-0.3, -0.25) is 0 Å². The molecule has 0 saturated carbocycles. The molecule has 0 spiro atoms. The summed E-state index contributed by atoms with van der Waals surface area (Å²) in [4.78, 5) is 0. The van der Waals surface area contributed by atoms with Crippen LogP contribution in [-0.2, 0) is 0 Å². The number of rotatable bonds is 2. The molecule has 10 heavy (non-hydrogen) atoms. The molecule has 0 aromatic rings. The van der Waals surface area contributed by atoms with Crippen LogP contribution in [0.25, 0.3) is 0 Å². The Kier molecular flexibility index (Phi) is 2.49. The van der Waals surface area contributed by atoms with E-state index in [0.29, 0.717) is 0 Å². The van der Waals surface area contributed by atoms with E-state index in [-0.39, 0.29) is 0 Å². The third-order valence-electron chi connectivity index (χ3n) is 1.79. The average Bonchev–Trinajstić information content (AvgIpc) is 2.38. The van der Waals surface area contributed by atoms with E-state index in [2.05, 4.69) is 38.2 Å². The molecule has 0 heterocycles. The summed E-state index contributed by atoms with van der Waals surface area (Å²) >= 11 is 0. The molecule has 0 unspecified atom stereocenters. The van der Waals surface area contributed by atoms with E-state index in [1.165, 1.54) is 11.1 Å². The zero-order chi connectivity index (χ0) is 7.40. The fourth-order valence-corrected chi connectivity index (χ4v) is 1.18. The predicted octanol–water partition coefficient (Wildman–Crippen LogP) is 3.23. The number of hydrogen-bond acceptors (Lipinski definition) is 0. The summed E-state index contributed by atoms with van der Waals surface area (Å²) in [5.74, 6) is 0. The van der Waals surface area contributed by atoms with E-state index in [4.69, 9.17) is 0 Å². The lowest BCUT2D eigenvalue weighted by Gasteiger charge is -1.99. The van der Waals surface area contributed by atoms with Gasteiger partial charge in [0.2, 0.25) is 0 Å². The van der Waals surface area contributed by atoms with Crippen LogP contribution in [0.5, 0.6) is 0 Å². The smallest absolute Gasteiger partial charge is 0.00918 e. The molecule has 0 aromatic heterocycles. The first-order valence-electron chi connectivity index (χ1n) is 3.87. The Morgan fingerprint density at radius 1 is 1.70 bits per heavy atom. The van der Waals surface area contributed by atoms with Gasteiger partial charge in [-0.1, -0.05) is 36.8 Å². The molecule has 0 N–H and O–H groups in total. The summed E-state index contributed by atoms with van der Waals surface area (Å²) < 4.78 is 0. The molecule has 0 nitrogen and oxygen atoms in total. The third kappa shape index (κ3) is 1.60. The second-order valence-electron chi connectivity index (χ2n) is 2.62. The first kappa shape index (κ1) is 7.33. The van der Waals surface area contributed by atoms with Crippen molar-refractivity contribution in [2.45, 2.75) is 26.7 Å². The third-order valence-corrected chi connectivity index (χ3v) is 1.79. The fraction of sp³-hybridized carbons (Fsp3) is 0.400. The van der Waals surface area contributed by atoms with Gasteiger partial charge in [-0.25, -0.2) is 0 Å². The van der Waals surface area contributed by atoms with Gasteiger partial charge in [-0.15, -0.1) is 0 Å². The van der Waals surface area contributed by atoms with Gasteiger partial charge in [-0.2, -0.15) is 0 Å². The second-order valence-corrected chi connectivity index (χ2v) is 2.62. The minimum atomic E-state index is 1.13. The van der Waals surface area contributed by atoms with Crippen molar-refractivity contribution in [2.24, 2.45) is 0 Å². The minimum Gasteiger partial charge on any atom is -0.0816 e. The first-order valence-corrected chi connectivity index (χ1v) is 3.87. The van der Waals surface area contributed by atoms with Crippen LogP contribution >= 0.6 is 0 Å². The molecule has 0 fully saturated rings. The highest BCUT2D eigenvalue weighted by Crippen LogP contribution is 2.19. The van der Waals surface area contributed by atoms with E-state index in [9.17, 15) is 0 Å². The number of hydrogen-bond donors (Lipinski definition) is 0. The van der Waals surface area contributed by atoms with Crippen molar-refractivity contribution in [3.63, 3.8) is 0 Å². The largest absolute Gasteiger partial charge is 0.0816 e. The predicted molar refractivity (Wildman–Crippen MR) is 45.9 cm³/mol. The monoisotopic (exact) mass is 134 g/mol. The topological polar surface area (TPSA) is 0 Å². The molecule has 1 rings (SSSR count). The highest BCUT2D eigenvalue weighted by atomic mass is 14.0. The molecule has 0 aromatic carbocycles. The van der Waals surface area contributed by atoms with Gasteiger partial charge >= 0.3 is 0 Å². The second kappa shape index (κ2) is 3.40. The first-order chi connectivity index (χ1) is 4.84. The van der Waals surface area contributed by atoms with E-state index < -0.39 is 0 Å². The van der Waals surface area contributed by atoms with Crippen LogP contribution in [0.15, 0.2) is 35.5 Å². The normalized spacial score (nSPS) is 17.8.